The van der Waals surface area contributed by atoms with Crippen LogP contribution < -0.4 is 5.32 Å². The number of hydrogen-bond donors (Lipinski definition) is 2. The standard InChI is InChI=1S/C15H20BrNO3/c1-10(2)9-13(15(19)20)17-14(18)8-7-11-5-3-4-6-12(11)16/h3-6,10,13H,7-9H2,1-2H3,(H,17,18)(H,19,20)/t13-/m1/s1. The average molecular weight is 342 g/mol. The molecule has 0 spiro atoms. The molecule has 1 rings (SSSR count). The minimum atomic E-state index is -0.979. The number of nitrogens with one attached hydrogen (secondary N) is 1. The molecule has 0 aromatic heterocycles. The number of amides is 1. The Morgan fingerprint density at radius 2 is 1.95 bits per heavy atom. The molecule has 0 saturated heterocycles. The highest BCUT2D eigenvalue weighted by atomic mass is 79.9. The molecule has 1 amide bonds. The fourth-order valence-corrected chi connectivity index (χ4v) is 2.39. The van der Waals surface area contributed by atoms with Crippen LogP contribution in [-0.2, 0) is 16.0 Å². The average Bonchev–Trinajstić information content (AvgIpc) is 2.36. The van der Waals surface area contributed by atoms with Crippen LogP contribution in [0.3, 0.4) is 0 Å². The van der Waals surface area contributed by atoms with Crippen LogP contribution in [0.4, 0.5) is 0 Å². The van der Waals surface area contributed by atoms with Crippen LogP contribution in [0.15, 0.2) is 28.7 Å². The molecule has 1 atom stereocenters. The minimum Gasteiger partial charge on any atom is -0.480 e. The normalized spacial score (nSPS) is 12.2. The molecule has 0 aliphatic carbocycles. The topological polar surface area (TPSA) is 66.4 Å². The van der Waals surface area contributed by atoms with Gasteiger partial charge in [-0.05, 0) is 30.4 Å². The third kappa shape index (κ3) is 5.74. The van der Waals surface area contributed by atoms with Gasteiger partial charge in [-0.2, -0.15) is 0 Å². The Bertz CT molecular complexity index is 474. The lowest BCUT2D eigenvalue weighted by molar-refractivity contribution is -0.142. The van der Waals surface area contributed by atoms with E-state index in [-0.39, 0.29) is 18.2 Å². The van der Waals surface area contributed by atoms with Gasteiger partial charge in [0.2, 0.25) is 5.91 Å². The molecule has 0 saturated carbocycles. The van der Waals surface area contributed by atoms with Gasteiger partial charge in [0.15, 0.2) is 0 Å². The highest BCUT2D eigenvalue weighted by Gasteiger charge is 2.20. The predicted octanol–water partition coefficient (Wildman–Crippen LogP) is 3.00. The summed E-state index contributed by atoms with van der Waals surface area (Å²) in [6.07, 6.45) is 1.31. The number of benzene rings is 1. The van der Waals surface area contributed by atoms with Crippen molar-refractivity contribution in [2.45, 2.75) is 39.2 Å². The minimum absolute atomic E-state index is 0.222. The molecule has 1 aromatic carbocycles. The Hall–Kier alpha value is -1.36. The Kier molecular flexibility index (Phi) is 6.71. The zero-order chi connectivity index (χ0) is 15.1. The Morgan fingerprint density at radius 3 is 2.50 bits per heavy atom. The van der Waals surface area contributed by atoms with Gasteiger partial charge in [0.05, 0.1) is 0 Å². The van der Waals surface area contributed by atoms with E-state index in [0.29, 0.717) is 12.8 Å². The van der Waals surface area contributed by atoms with Crippen molar-refractivity contribution >= 4 is 27.8 Å². The number of halogens is 1. The van der Waals surface area contributed by atoms with E-state index in [2.05, 4.69) is 21.2 Å². The second-order valence-corrected chi connectivity index (χ2v) is 6.03. The quantitative estimate of drug-likeness (QED) is 0.801. The molecule has 0 fully saturated rings. The largest absolute Gasteiger partial charge is 0.480 e. The lowest BCUT2D eigenvalue weighted by Crippen LogP contribution is -2.41. The van der Waals surface area contributed by atoms with E-state index in [4.69, 9.17) is 5.11 Å². The Labute approximate surface area is 127 Å². The molecule has 2 N–H and O–H groups in total. The van der Waals surface area contributed by atoms with Gasteiger partial charge in [-0.15, -0.1) is 0 Å². The van der Waals surface area contributed by atoms with Gasteiger partial charge in [0.1, 0.15) is 6.04 Å². The summed E-state index contributed by atoms with van der Waals surface area (Å²) in [6.45, 7) is 3.87. The third-order valence-electron chi connectivity index (χ3n) is 2.92. The van der Waals surface area contributed by atoms with E-state index in [0.717, 1.165) is 10.0 Å². The van der Waals surface area contributed by atoms with Crippen LogP contribution in [0, 0.1) is 5.92 Å². The molecule has 0 bridgehead atoms. The molecular weight excluding hydrogens is 322 g/mol. The first kappa shape index (κ1) is 16.7. The van der Waals surface area contributed by atoms with Gasteiger partial charge in [-0.3, -0.25) is 4.79 Å². The van der Waals surface area contributed by atoms with Gasteiger partial charge in [-0.1, -0.05) is 48.0 Å². The predicted molar refractivity (Wildman–Crippen MR) is 81.5 cm³/mol. The maximum Gasteiger partial charge on any atom is 0.326 e. The zero-order valence-corrected chi connectivity index (χ0v) is 13.3. The van der Waals surface area contributed by atoms with E-state index >= 15 is 0 Å². The summed E-state index contributed by atoms with van der Waals surface area (Å²) in [7, 11) is 0. The van der Waals surface area contributed by atoms with Crippen LogP contribution in [-0.4, -0.2) is 23.0 Å². The monoisotopic (exact) mass is 341 g/mol. The number of aliphatic carboxylic acids is 1. The summed E-state index contributed by atoms with van der Waals surface area (Å²) in [5.41, 5.74) is 1.04. The van der Waals surface area contributed by atoms with Crippen LogP contribution >= 0.6 is 15.9 Å². The van der Waals surface area contributed by atoms with E-state index < -0.39 is 12.0 Å². The van der Waals surface area contributed by atoms with Crippen molar-refractivity contribution in [2.75, 3.05) is 0 Å². The summed E-state index contributed by atoms with van der Waals surface area (Å²) < 4.78 is 0.963. The van der Waals surface area contributed by atoms with E-state index in [9.17, 15) is 9.59 Å². The zero-order valence-electron chi connectivity index (χ0n) is 11.7. The highest BCUT2D eigenvalue weighted by Crippen LogP contribution is 2.17. The van der Waals surface area contributed by atoms with Crippen molar-refractivity contribution in [1.29, 1.82) is 0 Å². The molecule has 0 radical (unpaired) electrons. The lowest BCUT2D eigenvalue weighted by Gasteiger charge is -2.16. The molecular formula is C15H20BrNO3. The first-order valence-electron chi connectivity index (χ1n) is 6.65. The number of carbonyl (C=O) groups excluding carboxylic acids is 1. The smallest absolute Gasteiger partial charge is 0.326 e. The highest BCUT2D eigenvalue weighted by molar-refractivity contribution is 9.10. The number of rotatable bonds is 7. The molecule has 110 valence electrons. The summed E-state index contributed by atoms with van der Waals surface area (Å²) >= 11 is 3.43. The summed E-state index contributed by atoms with van der Waals surface area (Å²) in [5, 5.41) is 11.7. The van der Waals surface area contributed by atoms with Crippen molar-refractivity contribution in [3.63, 3.8) is 0 Å². The van der Waals surface area contributed by atoms with Gasteiger partial charge < -0.3 is 10.4 Å². The maximum atomic E-state index is 11.8. The first-order chi connectivity index (χ1) is 9.40. The first-order valence-corrected chi connectivity index (χ1v) is 7.45. The Balaban J connectivity index is 2.50. The van der Waals surface area contributed by atoms with E-state index in [1.165, 1.54) is 0 Å². The lowest BCUT2D eigenvalue weighted by atomic mass is 10.0. The summed E-state index contributed by atoms with van der Waals surface area (Å²) in [6, 6.07) is 6.89. The van der Waals surface area contributed by atoms with Crippen LogP contribution in [0.5, 0.6) is 0 Å². The number of carboxylic acids is 1. The van der Waals surface area contributed by atoms with Crippen molar-refractivity contribution in [2.24, 2.45) is 5.92 Å². The third-order valence-corrected chi connectivity index (χ3v) is 3.69. The van der Waals surface area contributed by atoms with Crippen LogP contribution in [0.2, 0.25) is 0 Å². The number of aryl methyl sites for hydroxylation is 1. The van der Waals surface area contributed by atoms with Gasteiger partial charge in [0.25, 0.3) is 0 Å². The Morgan fingerprint density at radius 1 is 1.30 bits per heavy atom. The fraction of sp³-hybridized carbons (Fsp3) is 0.467. The van der Waals surface area contributed by atoms with Gasteiger partial charge in [-0.25, -0.2) is 4.79 Å². The SMILES string of the molecule is CC(C)C[C@@H](NC(=O)CCc1ccccc1Br)C(=O)O. The maximum absolute atomic E-state index is 11.8. The van der Waals surface area contributed by atoms with Crippen molar-refractivity contribution in [3.05, 3.63) is 34.3 Å². The molecule has 20 heavy (non-hydrogen) atoms. The second kappa shape index (κ2) is 8.04. The van der Waals surface area contributed by atoms with Gasteiger partial charge in [0, 0.05) is 10.9 Å². The molecule has 5 heteroatoms. The van der Waals surface area contributed by atoms with E-state index in [1.54, 1.807) is 0 Å². The van der Waals surface area contributed by atoms with Crippen LogP contribution in [0.25, 0.3) is 0 Å². The molecule has 0 aliphatic heterocycles. The number of carbonyl (C=O) groups is 2. The second-order valence-electron chi connectivity index (χ2n) is 5.18. The fourth-order valence-electron chi connectivity index (χ4n) is 1.91. The summed E-state index contributed by atoms with van der Waals surface area (Å²) in [4.78, 5) is 22.9. The summed E-state index contributed by atoms with van der Waals surface area (Å²) in [5.74, 6) is -0.985. The van der Waals surface area contributed by atoms with Crippen molar-refractivity contribution in [3.8, 4) is 0 Å². The molecule has 0 aliphatic rings. The molecule has 0 unspecified atom stereocenters. The van der Waals surface area contributed by atoms with E-state index in [1.807, 2.05) is 38.1 Å². The molecule has 0 heterocycles. The molecule has 4 nitrogen and oxygen atoms in total. The van der Waals surface area contributed by atoms with Crippen molar-refractivity contribution < 1.29 is 14.7 Å². The molecule has 1 aromatic rings. The van der Waals surface area contributed by atoms with Crippen LogP contribution in [0.1, 0.15) is 32.3 Å². The number of carboxylic acid groups (broad SMARTS) is 1. The van der Waals surface area contributed by atoms with Crippen molar-refractivity contribution in [1.82, 2.24) is 5.32 Å². The number of hydrogen-bond acceptors (Lipinski definition) is 2. The van der Waals surface area contributed by atoms with Gasteiger partial charge >= 0.3 is 5.97 Å².